The molecule has 0 amide bonds. The van der Waals surface area contributed by atoms with Gasteiger partial charge >= 0.3 is 0 Å². The molecule has 20 heavy (non-hydrogen) atoms. The van der Waals surface area contributed by atoms with E-state index in [9.17, 15) is 4.79 Å². The number of benzene rings is 1. The third-order valence-electron chi connectivity index (χ3n) is 2.84. The molecular weight excluding hydrogens is 274 g/mol. The molecule has 0 saturated carbocycles. The molecule has 0 fully saturated rings. The topological polar surface area (TPSA) is 58.6 Å². The molecule has 2 heterocycles. The third kappa shape index (κ3) is 2.60. The van der Waals surface area contributed by atoms with Gasteiger partial charge in [-0.05, 0) is 36.4 Å². The van der Waals surface area contributed by atoms with Gasteiger partial charge in [0.15, 0.2) is 0 Å². The van der Waals surface area contributed by atoms with E-state index in [1.807, 2.05) is 24.3 Å². The third-order valence-corrected chi connectivity index (χ3v) is 3.09. The van der Waals surface area contributed by atoms with Gasteiger partial charge in [0.1, 0.15) is 5.82 Å². The Bertz CT molecular complexity index is 782. The minimum atomic E-state index is -0.197. The highest BCUT2D eigenvalue weighted by Gasteiger charge is 2.06. The van der Waals surface area contributed by atoms with E-state index in [-0.39, 0.29) is 5.56 Å². The second-order valence-electron chi connectivity index (χ2n) is 4.22. The molecule has 0 spiro atoms. The van der Waals surface area contributed by atoms with Gasteiger partial charge in [-0.3, -0.25) is 9.78 Å². The number of aromatic amines is 1. The molecule has 4 nitrogen and oxygen atoms in total. The fourth-order valence-corrected chi connectivity index (χ4v) is 2.00. The largest absolute Gasteiger partial charge is 0.306 e. The summed E-state index contributed by atoms with van der Waals surface area (Å²) in [7, 11) is 0. The lowest BCUT2D eigenvalue weighted by atomic mass is 10.1. The van der Waals surface area contributed by atoms with Crippen LogP contribution in [0, 0.1) is 0 Å². The molecule has 1 aromatic carbocycles. The van der Waals surface area contributed by atoms with E-state index in [0.717, 1.165) is 11.1 Å². The van der Waals surface area contributed by atoms with E-state index < -0.39 is 0 Å². The molecular formula is C15H10ClN3O. The van der Waals surface area contributed by atoms with E-state index in [0.29, 0.717) is 16.5 Å². The fraction of sp³-hybridized carbons (Fsp3) is 0. The lowest BCUT2D eigenvalue weighted by molar-refractivity contribution is 1.13. The highest BCUT2D eigenvalue weighted by atomic mass is 35.5. The molecule has 0 atom stereocenters. The Labute approximate surface area is 120 Å². The van der Waals surface area contributed by atoms with Crippen LogP contribution < -0.4 is 5.56 Å². The summed E-state index contributed by atoms with van der Waals surface area (Å²) in [5.41, 5.74) is 2.07. The van der Waals surface area contributed by atoms with Crippen LogP contribution in [0.4, 0.5) is 0 Å². The second kappa shape index (κ2) is 5.27. The van der Waals surface area contributed by atoms with Crippen LogP contribution in [0.2, 0.25) is 5.02 Å². The first-order valence-corrected chi connectivity index (χ1v) is 6.38. The Kier molecular flexibility index (Phi) is 3.31. The van der Waals surface area contributed by atoms with Gasteiger partial charge in [0.05, 0.1) is 5.69 Å². The number of hydrogen-bond donors (Lipinski definition) is 1. The van der Waals surface area contributed by atoms with Gasteiger partial charge in [-0.25, -0.2) is 4.98 Å². The Hall–Kier alpha value is -2.46. The van der Waals surface area contributed by atoms with Gasteiger partial charge < -0.3 is 4.98 Å². The first-order valence-electron chi connectivity index (χ1n) is 6.00. The molecule has 3 aromatic rings. The Morgan fingerprint density at radius 2 is 1.65 bits per heavy atom. The smallest absolute Gasteiger partial charge is 0.251 e. The lowest BCUT2D eigenvalue weighted by Gasteiger charge is -2.04. The standard InChI is InChI=1S/C15H10ClN3O/c16-12-3-1-11(2-4-12)15-18-13(9-14(20)19-15)10-5-7-17-8-6-10/h1-9H,(H,18,19,20). The highest BCUT2D eigenvalue weighted by Crippen LogP contribution is 2.20. The number of H-pyrrole nitrogens is 1. The minimum absolute atomic E-state index is 0.197. The van der Waals surface area contributed by atoms with Crippen molar-refractivity contribution in [3.8, 4) is 22.6 Å². The van der Waals surface area contributed by atoms with Crippen molar-refractivity contribution in [2.45, 2.75) is 0 Å². The maximum atomic E-state index is 11.8. The quantitative estimate of drug-likeness (QED) is 0.786. The van der Waals surface area contributed by atoms with E-state index in [4.69, 9.17) is 11.6 Å². The number of nitrogens with one attached hydrogen (secondary N) is 1. The highest BCUT2D eigenvalue weighted by molar-refractivity contribution is 6.30. The summed E-state index contributed by atoms with van der Waals surface area (Å²) in [6.45, 7) is 0. The lowest BCUT2D eigenvalue weighted by Crippen LogP contribution is -2.08. The maximum Gasteiger partial charge on any atom is 0.251 e. The van der Waals surface area contributed by atoms with Crippen molar-refractivity contribution in [2.24, 2.45) is 0 Å². The number of aromatic nitrogens is 3. The number of nitrogens with zero attached hydrogens (tertiary/aromatic N) is 2. The molecule has 0 unspecified atom stereocenters. The summed E-state index contributed by atoms with van der Waals surface area (Å²) in [6.07, 6.45) is 3.33. The van der Waals surface area contributed by atoms with E-state index in [1.165, 1.54) is 6.07 Å². The SMILES string of the molecule is O=c1cc(-c2ccncc2)nc(-c2ccc(Cl)cc2)[nH]1. The van der Waals surface area contributed by atoms with Crippen LogP contribution in [0.25, 0.3) is 22.6 Å². The Balaban J connectivity index is 2.12. The van der Waals surface area contributed by atoms with E-state index in [1.54, 1.807) is 24.5 Å². The zero-order valence-corrected chi connectivity index (χ0v) is 11.1. The van der Waals surface area contributed by atoms with Crippen molar-refractivity contribution in [3.63, 3.8) is 0 Å². The maximum absolute atomic E-state index is 11.8. The summed E-state index contributed by atoms with van der Waals surface area (Å²) in [5.74, 6) is 0.515. The molecule has 0 radical (unpaired) electrons. The minimum Gasteiger partial charge on any atom is -0.306 e. The Morgan fingerprint density at radius 1 is 0.950 bits per heavy atom. The van der Waals surface area contributed by atoms with Crippen LogP contribution in [0.1, 0.15) is 0 Å². The van der Waals surface area contributed by atoms with Crippen LogP contribution in [0.15, 0.2) is 59.7 Å². The molecule has 0 aliphatic heterocycles. The van der Waals surface area contributed by atoms with Crippen molar-refractivity contribution in [1.82, 2.24) is 15.0 Å². The van der Waals surface area contributed by atoms with Crippen molar-refractivity contribution in [1.29, 1.82) is 0 Å². The zero-order chi connectivity index (χ0) is 13.9. The summed E-state index contributed by atoms with van der Waals surface area (Å²) in [6, 6.07) is 12.2. The first kappa shape index (κ1) is 12.6. The summed E-state index contributed by atoms with van der Waals surface area (Å²) < 4.78 is 0. The van der Waals surface area contributed by atoms with Crippen LogP contribution in [0.3, 0.4) is 0 Å². The fourth-order valence-electron chi connectivity index (χ4n) is 1.87. The molecule has 0 aliphatic rings. The molecule has 0 bridgehead atoms. The van der Waals surface area contributed by atoms with Crippen molar-refractivity contribution < 1.29 is 0 Å². The summed E-state index contributed by atoms with van der Waals surface area (Å²) in [4.78, 5) is 22.9. The zero-order valence-electron chi connectivity index (χ0n) is 10.4. The second-order valence-corrected chi connectivity index (χ2v) is 4.66. The van der Waals surface area contributed by atoms with Gasteiger partial charge in [-0.1, -0.05) is 11.6 Å². The average Bonchev–Trinajstić information content (AvgIpc) is 2.48. The van der Waals surface area contributed by atoms with Crippen molar-refractivity contribution >= 4 is 11.6 Å². The molecule has 0 saturated heterocycles. The van der Waals surface area contributed by atoms with Gasteiger partial charge in [0.2, 0.25) is 0 Å². The van der Waals surface area contributed by atoms with Gasteiger partial charge in [-0.2, -0.15) is 0 Å². The van der Waals surface area contributed by atoms with Gasteiger partial charge in [-0.15, -0.1) is 0 Å². The van der Waals surface area contributed by atoms with Crippen LogP contribution >= 0.6 is 11.6 Å². The normalized spacial score (nSPS) is 10.4. The summed E-state index contributed by atoms with van der Waals surface area (Å²) in [5, 5.41) is 0.640. The Morgan fingerprint density at radius 3 is 2.35 bits per heavy atom. The molecule has 0 aliphatic carbocycles. The van der Waals surface area contributed by atoms with Crippen molar-refractivity contribution in [3.05, 3.63) is 70.2 Å². The first-order chi connectivity index (χ1) is 9.72. The molecule has 5 heteroatoms. The monoisotopic (exact) mass is 283 g/mol. The van der Waals surface area contributed by atoms with Gasteiger partial charge in [0.25, 0.3) is 5.56 Å². The van der Waals surface area contributed by atoms with Gasteiger partial charge in [0, 0.05) is 34.6 Å². The molecule has 2 aromatic heterocycles. The number of rotatable bonds is 2. The van der Waals surface area contributed by atoms with Crippen LogP contribution in [-0.4, -0.2) is 15.0 Å². The van der Waals surface area contributed by atoms with Crippen LogP contribution in [0.5, 0.6) is 0 Å². The molecule has 98 valence electrons. The average molecular weight is 284 g/mol. The predicted octanol–water partition coefficient (Wildman–Crippen LogP) is 3.15. The van der Waals surface area contributed by atoms with E-state index >= 15 is 0 Å². The predicted molar refractivity (Wildman–Crippen MR) is 78.5 cm³/mol. The number of pyridine rings is 1. The van der Waals surface area contributed by atoms with E-state index in [2.05, 4.69) is 15.0 Å². The van der Waals surface area contributed by atoms with Crippen molar-refractivity contribution in [2.75, 3.05) is 0 Å². The molecule has 1 N–H and O–H groups in total. The van der Waals surface area contributed by atoms with Crippen LogP contribution in [-0.2, 0) is 0 Å². The number of hydrogen-bond acceptors (Lipinski definition) is 3. The number of halogens is 1. The molecule has 3 rings (SSSR count). The summed E-state index contributed by atoms with van der Waals surface area (Å²) >= 11 is 5.86.